The van der Waals surface area contributed by atoms with Crippen molar-refractivity contribution in [2.24, 2.45) is 0 Å². The maximum absolute atomic E-state index is 10.8. The summed E-state index contributed by atoms with van der Waals surface area (Å²) in [4.78, 5) is 10.8. The van der Waals surface area contributed by atoms with Gasteiger partial charge in [-0.05, 0) is 47.0 Å². The first-order valence-electron chi connectivity index (χ1n) is 5.49. The van der Waals surface area contributed by atoms with Gasteiger partial charge in [-0.1, -0.05) is 5.16 Å². The molecule has 1 aromatic carbocycles. The van der Waals surface area contributed by atoms with E-state index in [4.69, 9.17) is 14.4 Å². The summed E-state index contributed by atoms with van der Waals surface area (Å²) in [5.74, 6) is -0.594. The molecule has 1 N–H and O–H groups in total. The Bertz CT molecular complexity index is 648. The van der Waals surface area contributed by atoms with Crippen LogP contribution in [0.25, 0.3) is 11.3 Å². The van der Waals surface area contributed by atoms with E-state index in [-0.39, 0.29) is 5.76 Å². The van der Waals surface area contributed by atoms with Gasteiger partial charge in [0.15, 0.2) is 0 Å². The summed E-state index contributed by atoms with van der Waals surface area (Å²) in [7, 11) is 1.59. The maximum atomic E-state index is 10.8. The third-order valence-electron chi connectivity index (χ3n) is 2.86. The van der Waals surface area contributed by atoms with E-state index in [9.17, 15) is 4.79 Å². The summed E-state index contributed by atoms with van der Waals surface area (Å²) in [6, 6.07) is 3.28. The lowest BCUT2D eigenvalue weighted by Crippen LogP contribution is -1.94. The van der Waals surface area contributed by atoms with Crippen LogP contribution in [0.4, 0.5) is 0 Å². The molecule has 0 radical (unpaired) electrons. The number of methoxy groups -OCH3 is 1. The molecule has 2 aromatic rings. The van der Waals surface area contributed by atoms with Crippen molar-refractivity contribution in [2.75, 3.05) is 7.11 Å². The van der Waals surface area contributed by atoms with Crippen LogP contribution in [-0.4, -0.2) is 23.3 Å². The van der Waals surface area contributed by atoms with Gasteiger partial charge in [-0.15, -0.1) is 0 Å². The smallest absolute Gasteiger partial charge is 0.374 e. The highest BCUT2D eigenvalue weighted by Gasteiger charge is 2.18. The molecular formula is C13H12BrNO4. The largest absolute Gasteiger partial charge is 0.496 e. The predicted octanol–water partition coefficient (Wildman–Crippen LogP) is 3.43. The highest BCUT2D eigenvalue weighted by molar-refractivity contribution is 9.10. The minimum absolute atomic E-state index is 0.180. The summed E-state index contributed by atoms with van der Waals surface area (Å²) in [6.45, 7) is 3.82. The molecular weight excluding hydrogens is 314 g/mol. The quantitative estimate of drug-likeness (QED) is 0.935. The van der Waals surface area contributed by atoms with Gasteiger partial charge in [-0.25, -0.2) is 4.79 Å². The van der Waals surface area contributed by atoms with Gasteiger partial charge in [-0.2, -0.15) is 0 Å². The molecule has 1 aromatic heterocycles. The van der Waals surface area contributed by atoms with Crippen LogP contribution >= 0.6 is 15.9 Å². The average molecular weight is 326 g/mol. The van der Waals surface area contributed by atoms with Gasteiger partial charge in [0.1, 0.15) is 11.4 Å². The third kappa shape index (κ3) is 2.35. The van der Waals surface area contributed by atoms with Crippen molar-refractivity contribution in [2.45, 2.75) is 13.8 Å². The standard InChI is InChI=1S/C13H12BrNO4/c1-6-4-9(18-3)12(14)7(2)11(6)8-5-10(13(16)17)19-15-8/h4-5H,1-3H3,(H,16,17). The second-order valence-corrected chi connectivity index (χ2v) is 4.88. The highest BCUT2D eigenvalue weighted by Crippen LogP contribution is 2.37. The second-order valence-electron chi connectivity index (χ2n) is 4.09. The Morgan fingerprint density at radius 2 is 2.11 bits per heavy atom. The first-order chi connectivity index (χ1) is 8.95. The number of carboxylic acids is 1. The van der Waals surface area contributed by atoms with E-state index in [0.29, 0.717) is 5.69 Å². The molecule has 0 unspecified atom stereocenters. The van der Waals surface area contributed by atoms with Gasteiger partial charge in [0.2, 0.25) is 5.76 Å². The molecule has 5 nitrogen and oxygen atoms in total. The fraction of sp³-hybridized carbons (Fsp3) is 0.231. The fourth-order valence-electron chi connectivity index (χ4n) is 1.96. The van der Waals surface area contributed by atoms with Crippen LogP contribution in [0, 0.1) is 13.8 Å². The van der Waals surface area contributed by atoms with Gasteiger partial charge in [0.25, 0.3) is 0 Å². The Kier molecular flexibility index (Phi) is 3.61. The minimum Gasteiger partial charge on any atom is -0.496 e. The molecule has 0 fully saturated rings. The van der Waals surface area contributed by atoms with Crippen LogP contribution in [0.3, 0.4) is 0 Å². The lowest BCUT2D eigenvalue weighted by Gasteiger charge is -2.12. The highest BCUT2D eigenvalue weighted by atomic mass is 79.9. The summed E-state index contributed by atoms with van der Waals surface area (Å²) in [5, 5.41) is 12.7. The third-order valence-corrected chi connectivity index (χ3v) is 3.85. The average Bonchev–Trinajstić information content (AvgIpc) is 2.83. The van der Waals surface area contributed by atoms with Crippen LogP contribution in [0.1, 0.15) is 21.7 Å². The summed E-state index contributed by atoms with van der Waals surface area (Å²) in [5.41, 5.74) is 3.18. The number of aromatic nitrogens is 1. The van der Waals surface area contributed by atoms with Crippen molar-refractivity contribution >= 4 is 21.9 Å². The number of carboxylic acid groups (broad SMARTS) is 1. The molecule has 0 bridgehead atoms. The van der Waals surface area contributed by atoms with Crippen molar-refractivity contribution in [3.05, 3.63) is 33.5 Å². The molecule has 0 saturated carbocycles. The molecule has 2 rings (SSSR count). The minimum atomic E-state index is -1.14. The topological polar surface area (TPSA) is 72.6 Å². The van der Waals surface area contributed by atoms with Crippen molar-refractivity contribution in [1.29, 1.82) is 0 Å². The van der Waals surface area contributed by atoms with E-state index in [1.807, 2.05) is 19.9 Å². The number of halogens is 1. The lowest BCUT2D eigenvalue weighted by molar-refractivity contribution is 0.0652. The van der Waals surface area contributed by atoms with Crippen molar-refractivity contribution in [3.63, 3.8) is 0 Å². The van der Waals surface area contributed by atoms with Gasteiger partial charge >= 0.3 is 5.97 Å². The number of hydrogen-bond acceptors (Lipinski definition) is 4. The summed E-state index contributed by atoms with van der Waals surface area (Å²) >= 11 is 3.46. The molecule has 0 saturated heterocycles. The Morgan fingerprint density at radius 1 is 1.42 bits per heavy atom. The fourth-order valence-corrected chi connectivity index (χ4v) is 2.43. The zero-order valence-electron chi connectivity index (χ0n) is 10.7. The van der Waals surface area contributed by atoms with Gasteiger partial charge in [0, 0.05) is 11.6 Å². The molecule has 6 heteroatoms. The van der Waals surface area contributed by atoms with Crippen LogP contribution in [0.15, 0.2) is 21.1 Å². The number of carbonyl (C=O) groups is 1. The van der Waals surface area contributed by atoms with Crippen molar-refractivity contribution < 1.29 is 19.2 Å². The monoisotopic (exact) mass is 325 g/mol. The van der Waals surface area contributed by atoms with Crippen LogP contribution in [0.2, 0.25) is 0 Å². The number of nitrogens with zero attached hydrogens (tertiary/aromatic N) is 1. The summed E-state index contributed by atoms with van der Waals surface area (Å²) < 4.78 is 10.9. The zero-order valence-corrected chi connectivity index (χ0v) is 12.2. The van der Waals surface area contributed by atoms with E-state index in [0.717, 1.165) is 26.9 Å². The van der Waals surface area contributed by atoms with Gasteiger partial charge in [-0.3, -0.25) is 0 Å². The number of benzene rings is 1. The van der Waals surface area contributed by atoms with Crippen molar-refractivity contribution in [1.82, 2.24) is 5.16 Å². The molecule has 0 amide bonds. The Hall–Kier alpha value is -1.82. The van der Waals surface area contributed by atoms with Gasteiger partial charge in [0.05, 0.1) is 11.6 Å². The van der Waals surface area contributed by atoms with Crippen LogP contribution < -0.4 is 4.74 Å². The molecule has 0 aliphatic carbocycles. The maximum Gasteiger partial charge on any atom is 0.374 e. The number of hydrogen-bond donors (Lipinski definition) is 1. The first-order valence-corrected chi connectivity index (χ1v) is 6.29. The summed E-state index contributed by atoms with van der Waals surface area (Å²) in [6.07, 6.45) is 0. The molecule has 100 valence electrons. The molecule has 0 aliphatic rings. The molecule has 0 aliphatic heterocycles. The van der Waals surface area contributed by atoms with Crippen molar-refractivity contribution in [3.8, 4) is 17.0 Å². The predicted molar refractivity (Wildman–Crippen MR) is 72.6 cm³/mol. The molecule has 19 heavy (non-hydrogen) atoms. The Labute approximate surface area is 118 Å². The number of rotatable bonds is 3. The van der Waals surface area contributed by atoms with E-state index in [1.165, 1.54) is 6.07 Å². The lowest BCUT2D eigenvalue weighted by atomic mass is 9.99. The normalized spacial score (nSPS) is 10.5. The zero-order chi connectivity index (χ0) is 14.2. The number of aromatic carboxylic acids is 1. The Morgan fingerprint density at radius 3 is 2.63 bits per heavy atom. The van der Waals surface area contributed by atoms with E-state index >= 15 is 0 Å². The molecule has 1 heterocycles. The van der Waals surface area contributed by atoms with E-state index in [1.54, 1.807) is 7.11 Å². The van der Waals surface area contributed by atoms with Crippen LogP contribution in [-0.2, 0) is 0 Å². The molecule has 0 atom stereocenters. The first kappa shape index (κ1) is 13.6. The number of aryl methyl sites for hydroxylation is 1. The van der Waals surface area contributed by atoms with E-state index < -0.39 is 5.97 Å². The van der Waals surface area contributed by atoms with Gasteiger partial charge < -0.3 is 14.4 Å². The van der Waals surface area contributed by atoms with Crippen LogP contribution in [0.5, 0.6) is 5.75 Å². The second kappa shape index (κ2) is 5.05. The SMILES string of the molecule is COc1cc(C)c(-c2cc(C(=O)O)on2)c(C)c1Br. The Balaban J connectivity index is 2.61. The number of ether oxygens (including phenoxy) is 1. The molecule has 0 spiro atoms. The van der Waals surface area contributed by atoms with E-state index in [2.05, 4.69) is 21.1 Å².